The summed E-state index contributed by atoms with van der Waals surface area (Å²) in [6.45, 7) is 8.99. The largest absolute Gasteiger partial charge is 0.393 e. The molecule has 4 aliphatic rings. The van der Waals surface area contributed by atoms with Gasteiger partial charge in [0.05, 0.1) is 11.7 Å². The molecule has 0 aliphatic heterocycles. The van der Waals surface area contributed by atoms with E-state index < -0.39 is 5.60 Å². The van der Waals surface area contributed by atoms with Crippen LogP contribution >= 0.6 is 0 Å². The SMILES string of the molecule is C[C@H](CCC(C)(C)O)C1CC[C@H]2[C@@H]3CC=C4C[C@@H](O)CC[C@@H]4[C@H]3CC[C@]12C. The topological polar surface area (TPSA) is 40.5 Å². The van der Waals surface area contributed by atoms with Crippen LogP contribution in [0.4, 0.5) is 0 Å². The van der Waals surface area contributed by atoms with Crippen molar-refractivity contribution in [1.29, 1.82) is 0 Å². The van der Waals surface area contributed by atoms with Crippen LogP contribution in [-0.2, 0) is 0 Å². The van der Waals surface area contributed by atoms with E-state index in [9.17, 15) is 10.2 Å². The summed E-state index contributed by atoms with van der Waals surface area (Å²) in [5, 5.41) is 20.2. The van der Waals surface area contributed by atoms with Crippen molar-refractivity contribution in [3.8, 4) is 0 Å². The van der Waals surface area contributed by atoms with Gasteiger partial charge in [0.15, 0.2) is 0 Å². The zero-order valence-corrected chi connectivity index (χ0v) is 18.1. The van der Waals surface area contributed by atoms with E-state index in [0.717, 1.165) is 61.2 Å². The van der Waals surface area contributed by atoms with Crippen molar-refractivity contribution in [2.24, 2.45) is 40.9 Å². The maximum absolute atomic E-state index is 10.2. The van der Waals surface area contributed by atoms with Crippen molar-refractivity contribution < 1.29 is 10.2 Å². The average molecular weight is 375 g/mol. The Morgan fingerprint density at radius 1 is 1.15 bits per heavy atom. The summed E-state index contributed by atoms with van der Waals surface area (Å²) in [5.41, 5.74) is 1.59. The fraction of sp³-hybridized carbons (Fsp3) is 0.920. The smallest absolute Gasteiger partial charge is 0.0591 e. The minimum Gasteiger partial charge on any atom is -0.393 e. The maximum Gasteiger partial charge on any atom is 0.0591 e. The van der Waals surface area contributed by atoms with Crippen LogP contribution < -0.4 is 0 Å². The Labute approximate surface area is 166 Å². The van der Waals surface area contributed by atoms with E-state index in [0.29, 0.717) is 5.41 Å². The molecule has 2 nitrogen and oxygen atoms in total. The molecule has 27 heavy (non-hydrogen) atoms. The zero-order valence-electron chi connectivity index (χ0n) is 18.1. The van der Waals surface area contributed by atoms with Gasteiger partial charge >= 0.3 is 0 Å². The number of aliphatic hydroxyl groups excluding tert-OH is 1. The third-order valence-electron chi connectivity index (χ3n) is 9.39. The Hall–Kier alpha value is -0.340. The molecule has 4 rings (SSSR count). The first-order valence-electron chi connectivity index (χ1n) is 11.8. The van der Waals surface area contributed by atoms with Crippen molar-refractivity contribution in [3.63, 3.8) is 0 Å². The van der Waals surface area contributed by atoms with Gasteiger partial charge in [0.2, 0.25) is 0 Å². The number of rotatable bonds is 4. The van der Waals surface area contributed by atoms with Gasteiger partial charge in [-0.1, -0.05) is 25.5 Å². The monoisotopic (exact) mass is 374 g/mol. The molecule has 0 saturated heterocycles. The summed E-state index contributed by atoms with van der Waals surface area (Å²) in [5.74, 6) is 5.02. The van der Waals surface area contributed by atoms with Crippen molar-refractivity contribution in [1.82, 2.24) is 0 Å². The molecule has 4 aliphatic carbocycles. The summed E-state index contributed by atoms with van der Waals surface area (Å²) in [6.07, 6.45) is 14.7. The fourth-order valence-electron chi connectivity index (χ4n) is 8.01. The second-order valence-corrected chi connectivity index (χ2v) is 11.5. The van der Waals surface area contributed by atoms with E-state index in [1.807, 2.05) is 13.8 Å². The van der Waals surface area contributed by atoms with E-state index >= 15 is 0 Å². The lowest BCUT2D eigenvalue weighted by atomic mass is 9.51. The summed E-state index contributed by atoms with van der Waals surface area (Å²) >= 11 is 0. The molecule has 0 aromatic rings. The van der Waals surface area contributed by atoms with E-state index in [1.54, 1.807) is 5.57 Å². The normalized spacial score (nSPS) is 45.5. The van der Waals surface area contributed by atoms with Crippen LogP contribution in [0.25, 0.3) is 0 Å². The summed E-state index contributed by atoms with van der Waals surface area (Å²) in [4.78, 5) is 0. The molecule has 0 bridgehead atoms. The van der Waals surface area contributed by atoms with Crippen molar-refractivity contribution in [2.45, 2.75) is 104 Å². The van der Waals surface area contributed by atoms with Gasteiger partial charge in [0, 0.05) is 0 Å². The second kappa shape index (κ2) is 7.17. The van der Waals surface area contributed by atoms with Crippen molar-refractivity contribution >= 4 is 0 Å². The van der Waals surface area contributed by atoms with Gasteiger partial charge in [0.25, 0.3) is 0 Å². The third-order valence-corrected chi connectivity index (χ3v) is 9.39. The van der Waals surface area contributed by atoms with Crippen LogP contribution in [0, 0.1) is 40.9 Å². The lowest BCUT2D eigenvalue weighted by molar-refractivity contribution is -0.0319. The van der Waals surface area contributed by atoms with E-state index in [1.165, 1.54) is 38.5 Å². The quantitative estimate of drug-likeness (QED) is 0.618. The molecule has 0 spiro atoms. The highest BCUT2D eigenvalue weighted by atomic mass is 16.3. The van der Waals surface area contributed by atoms with Gasteiger partial charge in [-0.3, -0.25) is 0 Å². The number of fused-ring (bicyclic) bond motifs is 5. The van der Waals surface area contributed by atoms with E-state index in [2.05, 4.69) is 19.9 Å². The van der Waals surface area contributed by atoms with Crippen molar-refractivity contribution in [2.75, 3.05) is 0 Å². The Balaban J connectivity index is 1.48. The number of aliphatic hydroxyl groups is 2. The van der Waals surface area contributed by atoms with Crippen molar-refractivity contribution in [3.05, 3.63) is 11.6 Å². The highest BCUT2D eigenvalue weighted by Gasteiger charge is 2.56. The highest BCUT2D eigenvalue weighted by molar-refractivity contribution is 5.20. The molecule has 0 amide bonds. The van der Waals surface area contributed by atoms with E-state index in [4.69, 9.17) is 0 Å². The van der Waals surface area contributed by atoms with Crippen LogP contribution in [-0.4, -0.2) is 21.9 Å². The van der Waals surface area contributed by atoms with Crippen LogP contribution in [0.1, 0.15) is 91.9 Å². The first-order valence-corrected chi connectivity index (χ1v) is 11.8. The minimum atomic E-state index is -0.527. The third kappa shape index (κ3) is 3.66. The fourth-order valence-corrected chi connectivity index (χ4v) is 8.01. The molecule has 154 valence electrons. The summed E-state index contributed by atoms with van der Waals surface area (Å²) in [7, 11) is 0. The van der Waals surface area contributed by atoms with Gasteiger partial charge in [0.1, 0.15) is 0 Å². The number of hydrogen-bond acceptors (Lipinski definition) is 2. The first kappa shape index (κ1) is 20.0. The molecular weight excluding hydrogens is 332 g/mol. The Morgan fingerprint density at radius 2 is 1.93 bits per heavy atom. The molecule has 3 fully saturated rings. The van der Waals surface area contributed by atoms with Crippen LogP contribution in [0.15, 0.2) is 11.6 Å². The van der Waals surface area contributed by atoms with Crippen LogP contribution in [0.3, 0.4) is 0 Å². The number of allylic oxidation sites excluding steroid dienone is 1. The summed E-state index contributed by atoms with van der Waals surface area (Å²) in [6, 6.07) is 0. The maximum atomic E-state index is 10.2. The predicted octanol–water partition coefficient (Wildman–Crippen LogP) is 5.72. The van der Waals surface area contributed by atoms with Gasteiger partial charge < -0.3 is 10.2 Å². The molecule has 0 aromatic heterocycles. The Bertz CT molecular complexity index is 573. The molecule has 3 saturated carbocycles. The van der Waals surface area contributed by atoms with Gasteiger partial charge in [-0.15, -0.1) is 0 Å². The van der Waals surface area contributed by atoms with Crippen LogP contribution in [0.2, 0.25) is 0 Å². The first-order chi connectivity index (χ1) is 12.7. The Kier molecular flexibility index (Phi) is 5.30. The summed E-state index contributed by atoms with van der Waals surface area (Å²) < 4.78 is 0. The standard InChI is InChI=1S/C25H42O2/c1-16(11-13-24(2,3)27)22-9-10-23-21-7-5-17-15-18(26)6-8-19(17)20(21)12-14-25(22,23)4/h5,16,18-23,26-27H,6-15H2,1-4H3/t16-,18+,19+,20-,21-,22?,23+,25-/m1/s1. The molecule has 0 heterocycles. The zero-order chi connectivity index (χ0) is 19.4. The highest BCUT2D eigenvalue weighted by Crippen LogP contribution is 2.64. The molecular formula is C25H42O2. The molecule has 8 atom stereocenters. The molecule has 0 aromatic carbocycles. The lowest BCUT2D eigenvalue weighted by Gasteiger charge is -2.54. The van der Waals surface area contributed by atoms with E-state index in [-0.39, 0.29) is 6.10 Å². The number of hydrogen-bond donors (Lipinski definition) is 2. The van der Waals surface area contributed by atoms with Gasteiger partial charge in [-0.2, -0.15) is 0 Å². The lowest BCUT2D eigenvalue weighted by Crippen LogP contribution is -2.47. The molecule has 0 radical (unpaired) electrons. The molecule has 2 N–H and O–H groups in total. The average Bonchev–Trinajstić information content (AvgIpc) is 2.96. The Morgan fingerprint density at radius 3 is 2.67 bits per heavy atom. The van der Waals surface area contributed by atoms with Gasteiger partial charge in [-0.25, -0.2) is 0 Å². The minimum absolute atomic E-state index is 0.0783. The molecule has 2 heteroatoms. The second-order valence-electron chi connectivity index (χ2n) is 11.5. The molecule has 1 unspecified atom stereocenters. The predicted molar refractivity (Wildman–Crippen MR) is 111 cm³/mol. The van der Waals surface area contributed by atoms with Gasteiger partial charge in [-0.05, 0) is 119 Å². The van der Waals surface area contributed by atoms with Crippen LogP contribution in [0.5, 0.6) is 0 Å².